The maximum absolute atomic E-state index is 13.1. The van der Waals surface area contributed by atoms with E-state index in [1.807, 2.05) is 12.1 Å². The lowest BCUT2D eigenvalue weighted by atomic mass is 10.0. The number of tetrazole rings is 1. The minimum absolute atomic E-state index is 0.345. The van der Waals surface area contributed by atoms with Gasteiger partial charge >= 0.3 is 12.2 Å². The van der Waals surface area contributed by atoms with E-state index in [0.29, 0.717) is 47.2 Å². The van der Waals surface area contributed by atoms with E-state index < -0.39 is 17.8 Å². The van der Waals surface area contributed by atoms with E-state index in [2.05, 4.69) is 20.8 Å². The molecule has 1 saturated heterocycles. The van der Waals surface area contributed by atoms with Gasteiger partial charge < -0.3 is 10.2 Å². The molecule has 174 valence electrons. The Labute approximate surface area is 193 Å². The molecule has 1 aromatic heterocycles. The van der Waals surface area contributed by atoms with Crippen molar-refractivity contribution in [3.8, 4) is 0 Å². The van der Waals surface area contributed by atoms with Gasteiger partial charge in [0.05, 0.1) is 18.2 Å². The van der Waals surface area contributed by atoms with Gasteiger partial charge in [-0.1, -0.05) is 23.7 Å². The zero-order chi connectivity index (χ0) is 23.8. The fourth-order valence-corrected chi connectivity index (χ4v) is 4.23. The standard InChI is InChI=1S/C22H22ClF3N6O/c1-13-10-16(22(24,25)26)11-14(2)19(13)27-21(33)31-9-3-4-18(31)20-28-29-30-32(20)12-15-5-7-17(23)8-6-15/h5-8,10-11,18H,3-4,9,12H2,1-2H3,(H,27,33)/t18-/m1/s1. The van der Waals surface area contributed by atoms with Gasteiger partial charge in [0.25, 0.3) is 0 Å². The molecule has 1 N–H and O–H groups in total. The topological polar surface area (TPSA) is 75.9 Å². The molecule has 33 heavy (non-hydrogen) atoms. The molecule has 2 heterocycles. The Hall–Kier alpha value is -3.14. The number of halogens is 4. The zero-order valence-corrected chi connectivity index (χ0v) is 18.8. The van der Waals surface area contributed by atoms with Gasteiger partial charge in [-0.05, 0) is 78.1 Å². The summed E-state index contributed by atoms with van der Waals surface area (Å²) in [4.78, 5) is 14.7. The van der Waals surface area contributed by atoms with Gasteiger partial charge in [0.1, 0.15) is 0 Å². The van der Waals surface area contributed by atoms with Gasteiger partial charge in [-0.3, -0.25) is 0 Å². The van der Waals surface area contributed by atoms with Crippen LogP contribution in [0.4, 0.5) is 23.7 Å². The van der Waals surface area contributed by atoms with E-state index in [1.54, 1.807) is 35.6 Å². The van der Waals surface area contributed by atoms with Crippen molar-refractivity contribution in [2.45, 2.75) is 45.5 Å². The van der Waals surface area contributed by atoms with Crippen LogP contribution in [0, 0.1) is 13.8 Å². The van der Waals surface area contributed by atoms with Crippen molar-refractivity contribution in [3.63, 3.8) is 0 Å². The van der Waals surface area contributed by atoms with Crippen molar-refractivity contribution in [1.82, 2.24) is 25.1 Å². The number of urea groups is 1. The molecule has 7 nitrogen and oxygen atoms in total. The van der Waals surface area contributed by atoms with Crippen molar-refractivity contribution >= 4 is 23.3 Å². The normalized spacial score (nSPS) is 16.3. The Morgan fingerprint density at radius 3 is 2.48 bits per heavy atom. The lowest BCUT2D eigenvalue weighted by Gasteiger charge is -2.25. The number of rotatable bonds is 4. The van der Waals surface area contributed by atoms with Crippen LogP contribution in [0.25, 0.3) is 0 Å². The zero-order valence-electron chi connectivity index (χ0n) is 18.0. The van der Waals surface area contributed by atoms with Crippen LogP contribution >= 0.6 is 11.6 Å². The number of aryl methyl sites for hydroxylation is 2. The molecule has 2 amide bonds. The lowest BCUT2D eigenvalue weighted by molar-refractivity contribution is -0.137. The number of aromatic nitrogens is 4. The second kappa shape index (κ2) is 9.01. The Bertz CT molecular complexity index is 1140. The van der Waals surface area contributed by atoms with Crippen molar-refractivity contribution < 1.29 is 18.0 Å². The molecule has 0 spiro atoms. The fraction of sp³-hybridized carbons (Fsp3) is 0.364. The molecule has 0 radical (unpaired) electrons. The van der Waals surface area contributed by atoms with Crippen LogP contribution in [0.3, 0.4) is 0 Å². The predicted octanol–water partition coefficient (Wildman–Crippen LogP) is 5.38. The van der Waals surface area contributed by atoms with Crippen LogP contribution in [0.15, 0.2) is 36.4 Å². The van der Waals surface area contributed by atoms with Crippen molar-refractivity contribution in [2.24, 2.45) is 0 Å². The summed E-state index contributed by atoms with van der Waals surface area (Å²) in [6, 6.07) is 8.65. The largest absolute Gasteiger partial charge is 0.416 e. The first-order valence-electron chi connectivity index (χ1n) is 10.4. The molecule has 0 bridgehead atoms. The molecule has 1 aliphatic heterocycles. The minimum atomic E-state index is -4.45. The average molecular weight is 479 g/mol. The number of benzene rings is 2. The molecule has 4 rings (SSSR count). The molecule has 1 atom stereocenters. The third-order valence-corrected chi connectivity index (χ3v) is 5.96. The summed E-state index contributed by atoms with van der Waals surface area (Å²) in [5, 5.41) is 15.4. The summed E-state index contributed by atoms with van der Waals surface area (Å²) in [7, 11) is 0. The van der Waals surface area contributed by atoms with E-state index in [4.69, 9.17) is 11.6 Å². The summed E-state index contributed by atoms with van der Waals surface area (Å²) in [5.74, 6) is 0.554. The van der Waals surface area contributed by atoms with E-state index in [-0.39, 0.29) is 6.04 Å². The van der Waals surface area contributed by atoms with Gasteiger partial charge in [0.2, 0.25) is 0 Å². The van der Waals surface area contributed by atoms with Crippen molar-refractivity contribution in [1.29, 1.82) is 0 Å². The second-order valence-electron chi connectivity index (χ2n) is 8.09. The molecule has 2 aromatic carbocycles. The fourth-order valence-electron chi connectivity index (χ4n) is 4.11. The first-order chi connectivity index (χ1) is 15.6. The van der Waals surface area contributed by atoms with E-state index in [0.717, 1.165) is 24.1 Å². The third kappa shape index (κ3) is 4.95. The summed E-state index contributed by atoms with van der Waals surface area (Å²) in [6.45, 7) is 4.00. The third-order valence-electron chi connectivity index (χ3n) is 5.71. The highest BCUT2D eigenvalue weighted by Crippen LogP contribution is 2.35. The lowest BCUT2D eigenvalue weighted by Crippen LogP contribution is -2.36. The Morgan fingerprint density at radius 1 is 1.18 bits per heavy atom. The minimum Gasteiger partial charge on any atom is -0.314 e. The Kier molecular flexibility index (Phi) is 6.29. The van der Waals surface area contributed by atoms with Crippen LogP contribution in [-0.2, 0) is 12.7 Å². The van der Waals surface area contributed by atoms with Crippen molar-refractivity contribution in [3.05, 3.63) is 69.5 Å². The number of likely N-dealkylation sites (tertiary alicyclic amines) is 1. The summed E-state index contributed by atoms with van der Waals surface area (Å²) in [6.07, 6.45) is -3.00. The van der Waals surface area contributed by atoms with Crippen LogP contribution in [0.5, 0.6) is 0 Å². The maximum Gasteiger partial charge on any atom is 0.416 e. The smallest absolute Gasteiger partial charge is 0.314 e. The highest BCUT2D eigenvalue weighted by molar-refractivity contribution is 6.30. The van der Waals surface area contributed by atoms with Crippen LogP contribution in [-0.4, -0.2) is 37.7 Å². The summed E-state index contributed by atoms with van der Waals surface area (Å²) < 4.78 is 40.9. The predicted molar refractivity (Wildman–Crippen MR) is 117 cm³/mol. The molecule has 1 aliphatic rings. The first-order valence-corrected chi connectivity index (χ1v) is 10.8. The average Bonchev–Trinajstić information content (AvgIpc) is 3.40. The first kappa shape index (κ1) is 23.0. The molecule has 0 saturated carbocycles. The molecule has 11 heteroatoms. The Morgan fingerprint density at radius 2 is 1.85 bits per heavy atom. The number of carbonyl (C=O) groups is 1. The van der Waals surface area contributed by atoms with E-state index in [1.165, 1.54) is 0 Å². The summed E-state index contributed by atoms with van der Waals surface area (Å²) >= 11 is 5.95. The molecule has 3 aromatic rings. The molecular weight excluding hydrogens is 457 g/mol. The van der Waals surface area contributed by atoms with Gasteiger partial charge in [0.15, 0.2) is 5.82 Å². The number of alkyl halides is 3. The van der Waals surface area contributed by atoms with Gasteiger partial charge in [-0.15, -0.1) is 5.10 Å². The number of anilines is 1. The number of nitrogens with zero attached hydrogens (tertiary/aromatic N) is 5. The van der Waals surface area contributed by atoms with Crippen molar-refractivity contribution in [2.75, 3.05) is 11.9 Å². The number of hydrogen-bond donors (Lipinski definition) is 1. The SMILES string of the molecule is Cc1cc(C(F)(F)F)cc(C)c1NC(=O)N1CCC[C@@H]1c1nnnn1Cc1ccc(Cl)cc1. The maximum atomic E-state index is 13.1. The summed E-state index contributed by atoms with van der Waals surface area (Å²) in [5.41, 5.74) is 1.28. The molecule has 1 fully saturated rings. The molecule has 0 unspecified atom stereocenters. The van der Waals surface area contributed by atoms with Crippen LogP contribution in [0.2, 0.25) is 5.02 Å². The molecular formula is C22H22ClF3N6O. The number of hydrogen-bond acceptors (Lipinski definition) is 4. The number of nitrogens with one attached hydrogen (secondary N) is 1. The quantitative estimate of drug-likeness (QED) is 0.546. The molecule has 0 aliphatic carbocycles. The van der Waals surface area contributed by atoms with Crippen LogP contribution < -0.4 is 5.32 Å². The number of amides is 2. The highest BCUT2D eigenvalue weighted by Gasteiger charge is 2.35. The number of carbonyl (C=O) groups excluding carboxylic acids is 1. The monoisotopic (exact) mass is 478 g/mol. The van der Waals surface area contributed by atoms with Gasteiger partial charge in [-0.2, -0.15) is 13.2 Å². The Balaban J connectivity index is 1.53. The van der Waals surface area contributed by atoms with Crippen LogP contribution in [0.1, 0.15) is 47.0 Å². The highest BCUT2D eigenvalue weighted by atomic mass is 35.5. The van der Waals surface area contributed by atoms with E-state index in [9.17, 15) is 18.0 Å². The second-order valence-corrected chi connectivity index (χ2v) is 8.52. The van der Waals surface area contributed by atoms with Gasteiger partial charge in [0, 0.05) is 17.3 Å². The van der Waals surface area contributed by atoms with E-state index >= 15 is 0 Å². The van der Waals surface area contributed by atoms with Gasteiger partial charge in [-0.25, -0.2) is 9.48 Å².